The number of fused-ring (bicyclic) bond motifs is 1. The molecule has 0 bridgehead atoms. The van der Waals surface area contributed by atoms with Crippen LogP contribution in [0, 0.1) is 0 Å². The number of para-hydroxylation sites is 1. The Morgan fingerprint density at radius 3 is 2.80 bits per heavy atom. The van der Waals surface area contributed by atoms with Gasteiger partial charge in [-0.3, -0.25) is 4.79 Å². The Morgan fingerprint density at radius 1 is 1.33 bits per heavy atom. The highest BCUT2D eigenvalue weighted by molar-refractivity contribution is 5.79. The Morgan fingerprint density at radius 2 is 2.07 bits per heavy atom. The predicted molar refractivity (Wildman–Crippen MR) is 60.2 cm³/mol. The van der Waals surface area contributed by atoms with Crippen molar-refractivity contribution in [3.63, 3.8) is 0 Å². The minimum absolute atomic E-state index is 0.143. The van der Waals surface area contributed by atoms with E-state index in [9.17, 15) is 9.90 Å². The minimum Gasteiger partial charge on any atom is -0.503 e. The molecule has 0 aliphatic carbocycles. The molecule has 0 spiro atoms. The number of aromatic amines is 1. The van der Waals surface area contributed by atoms with Gasteiger partial charge in [0.25, 0.3) is 0 Å². The number of benzene rings is 1. The van der Waals surface area contributed by atoms with Crippen molar-refractivity contribution < 1.29 is 5.11 Å². The van der Waals surface area contributed by atoms with Gasteiger partial charge in [-0.2, -0.15) is 0 Å². The van der Waals surface area contributed by atoms with E-state index in [0.717, 1.165) is 11.9 Å². The molecule has 2 rings (SSSR count). The van der Waals surface area contributed by atoms with Gasteiger partial charge in [-0.1, -0.05) is 25.5 Å². The number of aromatic nitrogens is 1. The fraction of sp³-hybridized carbons (Fsp3) is 0.250. The van der Waals surface area contributed by atoms with E-state index in [1.807, 2.05) is 19.1 Å². The number of pyridine rings is 1. The van der Waals surface area contributed by atoms with Crippen LogP contribution in [-0.2, 0) is 6.42 Å². The third-order valence-electron chi connectivity index (χ3n) is 2.46. The average molecular weight is 203 g/mol. The molecule has 2 N–H and O–H groups in total. The van der Waals surface area contributed by atoms with Crippen molar-refractivity contribution in [1.82, 2.24) is 4.98 Å². The number of hydrogen-bond acceptors (Lipinski definition) is 2. The maximum atomic E-state index is 11.8. The quantitative estimate of drug-likeness (QED) is 0.786. The summed E-state index contributed by atoms with van der Waals surface area (Å²) in [6.45, 7) is 2.01. The zero-order valence-electron chi connectivity index (χ0n) is 8.58. The van der Waals surface area contributed by atoms with Crippen LogP contribution in [0.25, 0.3) is 10.9 Å². The molecule has 15 heavy (non-hydrogen) atoms. The number of aryl methyl sites for hydroxylation is 1. The van der Waals surface area contributed by atoms with E-state index in [1.54, 1.807) is 12.1 Å². The van der Waals surface area contributed by atoms with Crippen molar-refractivity contribution in [3.8, 4) is 5.75 Å². The second-order valence-corrected chi connectivity index (χ2v) is 3.58. The minimum atomic E-state index is -0.284. The lowest BCUT2D eigenvalue weighted by atomic mass is 10.1. The van der Waals surface area contributed by atoms with Crippen molar-refractivity contribution in [2.75, 3.05) is 0 Å². The summed E-state index contributed by atoms with van der Waals surface area (Å²) in [6.07, 6.45) is 1.58. The average Bonchev–Trinajstić information content (AvgIpc) is 2.26. The molecule has 0 aliphatic rings. The lowest BCUT2D eigenvalue weighted by Gasteiger charge is -2.05. The Kier molecular flexibility index (Phi) is 2.46. The zero-order chi connectivity index (χ0) is 10.8. The number of aromatic hydroxyl groups is 1. The van der Waals surface area contributed by atoms with Gasteiger partial charge in [0, 0.05) is 10.9 Å². The number of rotatable bonds is 2. The first-order valence-corrected chi connectivity index (χ1v) is 5.07. The molecular formula is C12H13NO2. The molecule has 1 aromatic heterocycles. The van der Waals surface area contributed by atoms with E-state index in [-0.39, 0.29) is 11.2 Å². The van der Waals surface area contributed by atoms with E-state index < -0.39 is 0 Å². The topological polar surface area (TPSA) is 53.1 Å². The molecule has 78 valence electrons. The van der Waals surface area contributed by atoms with Gasteiger partial charge in [0.15, 0.2) is 5.75 Å². The zero-order valence-corrected chi connectivity index (χ0v) is 8.58. The Bertz CT molecular complexity index is 543. The maximum absolute atomic E-state index is 11.8. The molecule has 0 unspecified atom stereocenters. The van der Waals surface area contributed by atoms with Crippen LogP contribution < -0.4 is 5.43 Å². The molecule has 0 amide bonds. The smallest absolute Gasteiger partial charge is 0.231 e. The molecule has 0 radical (unpaired) electrons. The number of H-pyrrole nitrogens is 1. The molecule has 0 saturated heterocycles. The molecule has 0 saturated carbocycles. The van der Waals surface area contributed by atoms with Crippen molar-refractivity contribution in [2.24, 2.45) is 0 Å². The normalized spacial score (nSPS) is 10.7. The summed E-state index contributed by atoms with van der Waals surface area (Å²) in [5.41, 5.74) is 1.12. The molecule has 0 atom stereocenters. The van der Waals surface area contributed by atoms with Gasteiger partial charge in [-0.15, -0.1) is 0 Å². The van der Waals surface area contributed by atoms with E-state index in [1.165, 1.54) is 0 Å². The fourth-order valence-corrected chi connectivity index (χ4v) is 1.71. The van der Waals surface area contributed by atoms with Crippen LogP contribution in [0.15, 0.2) is 29.1 Å². The lowest BCUT2D eigenvalue weighted by Crippen LogP contribution is -2.06. The van der Waals surface area contributed by atoms with E-state index in [2.05, 4.69) is 4.98 Å². The van der Waals surface area contributed by atoms with E-state index in [0.29, 0.717) is 17.5 Å². The maximum Gasteiger partial charge on any atom is 0.231 e. The van der Waals surface area contributed by atoms with Crippen LogP contribution in [0.3, 0.4) is 0 Å². The van der Waals surface area contributed by atoms with Crippen LogP contribution in [-0.4, -0.2) is 10.1 Å². The van der Waals surface area contributed by atoms with Gasteiger partial charge in [0.1, 0.15) is 0 Å². The molecule has 1 aromatic carbocycles. The lowest BCUT2D eigenvalue weighted by molar-refractivity contribution is 0.460. The van der Waals surface area contributed by atoms with E-state index in [4.69, 9.17) is 0 Å². The van der Waals surface area contributed by atoms with Crippen molar-refractivity contribution in [2.45, 2.75) is 19.8 Å². The highest BCUT2D eigenvalue weighted by Crippen LogP contribution is 2.16. The first kappa shape index (κ1) is 9.77. The third-order valence-corrected chi connectivity index (χ3v) is 2.46. The first-order chi connectivity index (χ1) is 7.24. The van der Waals surface area contributed by atoms with Gasteiger partial charge in [-0.25, -0.2) is 0 Å². The summed E-state index contributed by atoms with van der Waals surface area (Å²) in [5.74, 6) is -0.143. The summed E-state index contributed by atoms with van der Waals surface area (Å²) in [5, 5.41) is 10.2. The SMILES string of the molecule is CCCc1[nH]c2ccccc2c(=O)c1O. The molecule has 1 heterocycles. The van der Waals surface area contributed by atoms with Crippen LogP contribution in [0.2, 0.25) is 0 Å². The predicted octanol–water partition coefficient (Wildman–Crippen LogP) is 2.19. The summed E-state index contributed by atoms with van der Waals surface area (Å²) in [6, 6.07) is 7.21. The second-order valence-electron chi connectivity index (χ2n) is 3.58. The summed E-state index contributed by atoms with van der Waals surface area (Å²) < 4.78 is 0. The van der Waals surface area contributed by atoms with Crippen LogP contribution >= 0.6 is 0 Å². The van der Waals surface area contributed by atoms with Crippen LogP contribution in [0.1, 0.15) is 19.0 Å². The van der Waals surface area contributed by atoms with Gasteiger partial charge >= 0.3 is 0 Å². The van der Waals surface area contributed by atoms with Crippen molar-refractivity contribution in [3.05, 3.63) is 40.2 Å². The third kappa shape index (κ3) is 1.61. The van der Waals surface area contributed by atoms with Crippen molar-refractivity contribution >= 4 is 10.9 Å². The number of nitrogens with one attached hydrogen (secondary N) is 1. The first-order valence-electron chi connectivity index (χ1n) is 5.07. The molecular weight excluding hydrogens is 190 g/mol. The number of hydrogen-bond donors (Lipinski definition) is 2. The largest absolute Gasteiger partial charge is 0.503 e. The molecule has 2 aromatic rings. The highest BCUT2D eigenvalue weighted by atomic mass is 16.3. The van der Waals surface area contributed by atoms with Gasteiger partial charge in [0.2, 0.25) is 5.43 Å². The monoisotopic (exact) mass is 203 g/mol. The standard InChI is InChI=1S/C12H13NO2/c1-2-5-10-12(15)11(14)8-6-3-4-7-9(8)13-10/h3-4,6-7,15H,2,5H2,1H3,(H,13,14). The molecule has 0 fully saturated rings. The van der Waals surface area contributed by atoms with Crippen molar-refractivity contribution in [1.29, 1.82) is 0 Å². The molecule has 3 nitrogen and oxygen atoms in total. The van der Waals surface area contributed by atoms with Crippen LogP contribution in [0.4, 0.5) is 0 Å². The highest BCUT2D eigenvalue weighted by Gasteiger charge is 2.08. The summed E-state index contributed by atoms with van der Waals surface area (Å²) in [4.78, 5) is 14.8. The van der Waals surface area contributed by atoms with Gasteiger partial charge in [-0.05, 0) is 18.6 Å². The van der Waals surface area contributed by atoms with Gasteiger partial charge < -0.3 is 10.1 Å². The Balaban J connectivity index is 2.77. The van der Waals surface area contributed by atoms with Crippen LogP contribution in [0.5, 0.6) is 5.75 Å². The van der Waals surface area contributed by atoms with Gasteiger partial charge in [0.05, 0.1) is 5.69 Å². The Hall–Kier alpha value is -1.77. The second kappa shape index (κ2) is 3.77. The molecule has 3 heteroatoms. The van der Waals surface area contributed by atoms with E-state index >= 15 is 0 Å². The Labute approximate surface area is 87.4 Å². The molecule has 0 aliphatic heterocycles. The summed E-state index contributed by atoms with van der Waals surface area (Å²) in [7, 11) is 0. The fourth-order valence-electron chi connectivity index (χ4n) is 1.71. The summed E-state index contributed by atoms with van der Waals surface area (Å²) >= 11 is 0.